The molecule has 0 aliphatic heterocycles. The maximum absolute atomic E-state index is 12.0. The molecule has 2 amide bonds. The van der Waals surface area contributed by atoms with E-state index in [9.17, 15) is 14.4 Å². The second-order valence-corrected chi connectivity index (χ2v) is 5.08. The molecule has 1 unspecified atom stereocenters. The molecule has 0 heterocycles. The minimum absolute atomic E-state index is 0.119. The Hall–Kier alpha value is -1.85. The molecule has 6 heteroatoms. The van der Waals surface area contributed by atoms with Crippen LogP contribution in [0.5, 0.6) is 0 Å². The molecule has 0 radical (unpaired) electrons. The maximum atomic E-state index is 12.0. The van der Waals surface area contributed by atoms with Crippen LogP contribution in [0.3, 0.4) is 0 Å². The summed E-state index contributed by atoms with van der Waals surface area (Å²) in [5.74, 6) is -1.86. The third-order valence-corrected chi connectivity index (χ3v) is 2.62. The van der Waals surface area contributed by atoms with E-state index in [0.29, 0.717) is 19.5 Å². The minimum atomic E-state index is -0.929. The van der Waals surface area contributed by atoms with Gasteiger partial charge in [0, 0.05) is 32.6 Å². The van der Waals surface area contributed by atoms with Crippen LogP contribution in [0.4, 0.5) is 0 Å². The third kappa shape index (κ3) is 8.29. The predicted molar refractivity (Wildman–Crippen MR) is 76.1 cm³/mol. The summed E-state index contributed by atoms with van der Waals surface area (Å²) in [6, 6.07) is 0. The number of aliphatic carboxylic acids is 1. The fourth-order valence-electron chi connectivity index (χ4n) is 1.57. The molecule has 0 aromatic rings. The molecule has 0 aromatic carbocycles. The first kappa shape index (κ1) is 18.1. The van der Waals surface area contributed by atoms with Gasteiger partial charge < -0.3 is 15.3 Å². The van der Waals surface area contributed by atoms with Gasteiger partial charge in [-0.3, -0.25) is 14.4 Å². The highest BCUT2D eigenvalue weighted by Crippen LogP contribution is 2.04. The zero-order valence-corrected chi connectivity index (χ0v) is 12.6. The second kappa shape index (κ2) is 9.12. The molecular formula is C14H24N2O4. The van der Waals surface area contributed by atoms with E-state index in [-0.39, 0.29) is 18.4 Å². The summed E-state index contributed by atoms with van der Waals surface area (Å²) in [5, 5.41) is 11.6. The SMILES string of the molecule is CC(=O)NCCCN(CC(C)C(=O)O)C(=O)C=C(C)C. The van der Waals surface area contributed by atoms with E-state index in [1.54, 1.807) is 6.92 Å². The molecule has 0 rings (SSSR count). The predicted octanol–water partition coefficient (Wildman–Crippen LogP) is 1.03. The van der Waals surface area contributed by atoms with Crippen molar-refractivity contribution in [3.05, 3.63) is 11.6 Å². The number of carbonyl (C=O) groups excluding carboxylic acids is 2. The quantitative estimate of drug-likeness (QED) is 0.515. The number of nitrogens with one attached hydrogen (secondary N) is 1. The largest absolute Gasteiger partial charge is 0.481 e. The molecule has 114 valence electrons. The van der Waals surface area contributed by atoms with Gasteiger partial charge in [0.25, 0.3) is 0 Å². The molecule has 0 spiro atoms. The molecule has 20 heavy (non-hydrogen) atoms. The van der Waals surface area contributed by atoms with E-state index < -0.39 is 11.9 Å². The first-order valence-electron chi connectivity index (χ1n) is 6.65. The van der Waals surface area contributed by atoms with E-state index in [4.69, 9.17) is 5.11 Å². The highest BCUT2D eigenvalue weighted by Gasteiger charge is 2.18. The van der Waals surface area contributed by atoms with Crippen molar-refractivity contribution in [2.75, 3.05) is 19.6 Å². The lowest BCUT2D eigenvalue weighted by atomic mass is 10.1. The van der Waals surface area contributed by atoms with Gasteiger partial charge in [-0.25, -0.2) is 0 Å². The lowest BCUT2D eigenvalue weighted by Gasteiger charge is -2.23. The molecule has 1 atom stereocenters. The van der Waals surface area contributed by atoms with E-state index in [0.717, 1.165) is 5.57 Å². The van der Waals surface area contributed by atoms with Crippen molar-refractivity contribution in [2.45, 2.75) is 34.1 Å². The van der Waals surface area contributed by atoms with E-state index in [1.165, 1.54) is 17.9 Å². The highest BCUT2D eigenvalue weighted by atomic mass is 16.4. The van der Waals surface area contributed by atoms with Gasteiger partial charge in [0.2, 0.25) is 11.8 Å². The summed E-state index contributed by atoms with van der Waals surface area (Å²) in [6.45, 7) is 7.67. The van der Waals surface area contributed by atoms with Crippen molar-refractivity contribution in [3.8, 4) is 0 Å². The average molecular weight is 284 g/mol. The minimum Gasteiger partial charge on any atom is -0.481 e. The van der Waals surface area contributed by atoms with Gasteiger partial charge in [-0.2, -0.15) is 0 Å². The normalized spacial score (nSPS) is 11.4. The average Bonchev–Trinajstić information content (AvgIpc) is 2.31. The smallest absolute Gasteiger partial charge is 0.308 e. The number of amides is 2. The Morgan fingerprint density at radius 3 is 2.30 bits per heavy atom. The van der Waals surface area contributed by atoms with Crippen LogP contribution in [0.1, 0.15) is 34.1 Å². The van der Waals surface area contributed by atoms with Crippen molar-refractivity contribution in [1.82, 2.24) is 10.2 Å². The molecule has 0 aliphatic carbocycles. The fraction of sp³-hybridized carbons (Fsp3) is 0.643. The summed E-state index contributed by atoms with van der Waals surface area (Å²) >= 11 is 0. The number of nitrogens with zero attached hydrogens (tertiary/aromatic N) is 1. The molecule has 0 aromatic heterocycles. The monoisotopic (exact) mass is 284 g/mol. The molecule has 0 bridgehead atoms. The Balaban J connectivity index is 4.54. The standard InChI is InChI=1S/C14H24N2O4/c1-10(2)8-13(18)16(9-11(3)14(19)20)7-5-6-15-12(4)17/h8,11H,5-7,9H2,1-4H3,(H,15,17)(H,19,20). The number of hydrogen-bond donors (Lipinski definition) is 2. The zero-order valence-electron chi connectivity index (χ0n) is 12.6. The number of carbonyl (C=O) groups is 3. The van der Waals surface area contributed by atoms with Gasteiger partial charge >= 0.3 is 5.97 Å². The fourth-order valence-corrected chi connectivity index (χ4v) is 1.57. The summed E-state index contributed by atoms with van der Waals surface area (Å²) in [4.78, 5) is 35.2. The Bertz CT molecular complexity index is 387. The van der Waals surface area contributed by atoms with Crippen molar-refractivity contribution in [2.24, 2.45) is 5.92 Å². The van der Waals surface area contributed by atoms with Crippen LogP contribution in [0.25, 0.3) is 0 Å². The zero-order chi connectivity index (χ0) is 15.7. The molecule has 0 aliphatic rings. The van der Waals surface area contributed by atoms with Gasteiger partial charge in [-0.05, 0) is 20.3 Å². The lowest BCUT2D eigenvalue weighted by Crippen LogP contribution is -2.38. The summed E-state index contributed by atoms with van der Waals surface area (Å²) < 4.78 is 0. The maximum Gasteiger partial charge on any atom is 0.308 e. The van der Waals surface area contributed by atoms with Crippen LogP contribution in [0.2, 0.25) is 0 Å². The van der Waals surface area contributed by atoms with Crippen LogP contribution >= 0.6 is 0 Å². The van der Waals surface area contributed by atoms with E-state index in [2.05, 4.69) is 5.32 Å². The van der Waals surface area contributed by atoms with Gasteiger partial charge in [0.15, 0.2) is 0 Å². The number of rotatable bonds is 8. The Labute approximate surface area is 119 Å². The van der Waals surface area contributed by atoms with Crippen LogP contribution in [-0.4, -0.2) is 47.4 Å². The third-order valence-electron chi connectivity index (χ3n) is 2.62. The van der Waals surface area contributed by atoms with Crippen LogP contribution in [-0.2, 0) is 14.4 Å². The Morgan fingerprint density at radius 2 is 1.85 bits per heavy atom. The van der Waals surface area contributed by atoms with Crippen LogP contribution in [0, 0.1) is 5.92 Å². The van der Waals surface area contributed by atoms with E-state index in [1.807, 2.05) is 13.8 Å². The number of allylic oxidation sites excluding steroid dienone is 1. The molecule has 2 N–H and O–H groups in total. The molecule has 6 nitrogen and oxygen atoms in total. The molecule has 0 fully saturated rings. The van der Waals surface area contributed by atoms with Crippen molar-refractivity contribution in [3.63, 3.8) is 0 Å². The van der Waals surface area contributed by atoms with Gasteiger partial charge in [-0.1, -0.05) is 12.5 Å². The first-order valence-corrected chi connectivity index (χ1v) is 6.65. The second-order valence-electron chi connectivity index (χ2n) is 5.08. The summed E-state index contributed by atoms with van der Waals surface area (Å²) in [7, 11) is 0. The lowest BCUT2D eigenvalue weighted by molar-refractivity contribution is -0.142. The molecule has 0 saturated heterocycles. The topological polar surface area (TPSA) is 86.7 Å². The Kier molecular flexibility index (Phi) is 8.27. The highest BCUT2D eigenvalue weighted by molar-refractivity contribution is 5.88. The van der Waals surface area contributed by atoms with Gasteiger partial charge in [0.1, 0.15) is 0 Å². The first-order chi connectivity index (χ1) is 9.23. The van der Waals surface area contributed by atoms with Gasteiger partial charge in [-0.15, -0.1) is 0 Å². The number of carboxylic acid groups (broad SMARTS) is 1. The van der Waals surface area contributed by atoms with Crippen LogP contribution in [0.15, 0.2) is 11.6 Å². The van der Waals surface area contributed by atoms with E-state index >= 15 is 0 Å². The Morgan fingerprint density at radius 1 is 1.25 bits per heavy atom. The van der Waals surface area contributed by atoms with Crippen molar-refractivity contribution < 1.29 is 19.5 Å². The van der Waals surface area contributed by atoms with Crippen molar-refractivity contribution in [1.29, 1.82) is 0 Å². The molecular weight excluding hydrogens is 260 g/mol. The van der Waals surface area contributed by atoms with Gasteiger partial charge in [0.05, 0.1) is 5.92 Å². The molecule has 0 saturated carbocycles. The number of carboxylic acids is 1. The summed E-state index contributed by atoms with van der Waals surface area (Å²) in [6.07, 6.45) is 2.08. The summed E-state index contributed by atoms with van der Waals surface area (Å²) in [5.41, 5.74) is 0.866. The van der Waals surface area contributed by atoms with Crippen molar-refractivity contribution >= 4 is 17.8 Å². The number of hydrogen-bond acceptors (Lipinski definition) is 3. The van der Waals surface area contributed by atoms with Crippen LogP contribution < -0.4 is 5.32 Å².